The molecule has 2 rings (SSSR count). The average molecular weight is 251 g/mol. The molecule has 0 saturated carbocycles. The third-order valence-corrected chi connectivity index (χ3v) is 3.18. The number of hydrogen-bond acceptors (Lipinski definition) is 3. The van der Waals surface area contributed by atoms with Crippen LogP contribution in [0.4, 0.5) is 11.4 Å². The van der Waals surface area contributed by atoms with Crippen LogP contribution in [0.25, 0.3) is 0 Å². The standard InChI is InChI=1S/C16H17N3/c1-19(10-9-13-5-3-2-4-6-13)15-8-7-14(12-17)16(18)11-15/h2-8,11H,9-10,18H2,1H3. The van der Waals surface area contributed by atoms with Gasteiger partial charge in [-0.3, -0.25) is 0 Å². The van der Waals surface area contributed by atoms with Gasteiger partial charge >= 0.3 is 0 Å². The highest BCUT2D eigenvalue weighted by atomic mass is 15.1. The van der Waals surface area contributed by atoms with Crippen molar-refractivity contribution in [1.29, 1.82) is 5.26 Å². The Balaban J connectivity index is 2.02. The molecule has 0 radical (unpaired) electrons. The Morgan fingerprint density at radius 3 is 2.53 bits per heavy atom. The van der Waals surface area contributed by atoms with Gasteiger partial charge in [0, 0.05) is 19.3 Å². The Morgan fingerprint density at radius 2 is 1.89 bits per heavy atom. The Morgan fingerprint density at radius 1 is 1.16 bits per heavy atom. The minimum atomic E-state index is 0.528. The van der Waals surface area contributed by atoms with E-state index in [9.17, 15) is 0 Å². The van der Waals surface area contributed by atoms with Crippen LogP contribution in [-0.4, -0.2) is 13.6 Å². The second-order valence-corrected chi connectivity index (χ2v) is 4.54. The summed E-state index contributed by atoms with van der Waals surface area (Å²) in [6.45, 7) is 0.912. The zero-order valence-corrected chi connectivity index (χ0v) is 11.0. The summed E-state index contributed by atoms with van der Waals surface area (Å²) in [5, 5.41) is 8.86. The lowest BCUT2D eigenvalue weighted by Gasteiger charge is -2.20. The second kappa shape index (κ2) is 5.92. The van der Waals surface area contributed by atoms with Crippen LogP contribution >= 0.6 is 0 Å². The van der Waals surface area contributed by atoms with Crippen molar-refractivity contribution in [3.05, 3.63) is 59.7 Å². The van der Waals surface area contributed by atoms with E-state index in [2.05, 4.69) is 35.2 Å². The van der Waals surface area contributed by atoms with E-state index >= 15 is 0 Å². The van der Waals surface area contributed by atoms with E-state index in [1.54, 1.807) is 6.07 Å². The molecule has 0 unspecified atom stereocenters. The Bertz CT molecular complexity index is 585. The summed E-state index contributed by atoms with van der Waals surface area (Å²) in [7, 11) is 2.03. The number of likely N-dealkylation sites (N-methyl/N-ethyl adjacent to an activating group) is 1. The van der Waals surface area contributed by atoms with E-state index in [4.69, 9.17) is 11.0 Å². The van der Waals surface area contributed by atoms with Crippen molar-refractivity contribution in [2.45, 2.75) is 6.42 Å². The molecular formula is C16H17N3. The van der Waals surface area contributed by atoms with Crippen LogP contribution in [0.5, 0.6) is 0 Å². The van der Waals surface area contributed by atoms with E-state index in [0.29, 0.717) is 11.3 Å². The molecule has 0 aromatic heterocycles. The van der Waals surface area contributed by atoms with Crippen LogP contribution in [0.2, 0.25) is 0 Å². The zero-order chi connectivity index (χ0) is 13.7. The number of nitrogens with two attached hydrogens (primary N) is 1. The number of rotatable bonds is 4. The lowest BCUT2D eigenvalue weighted by atomic mass is 10.1. The quantitative estimate of drug-likeness (QED) is 0.850. The van der Waals surface area contributed by atoms with E-state index in [-0.39, 0.29) is 0 Å². The van der Waals surface area contributed by atoms with Crippen molar-refractivity contribution in [1.82, 2.24) is 0 Å². The highest BCUT2D eigenvalue weighted by Crippen LogP contribution is 2.20. The summed E-state index contributed by atoms with van der Waals surface area (Å²) in [6.07, 6.45) is 0.983. The third kappa shape index (κ3) is 3.26. The van der Waals surface area contributed by atoms with Gasteiger partial charge in [-0.15, -0.1) is 0 Å². The molecular weight excluding hydrogens is 234 g/mol. The molecule has 0 aliphatic heterocycles. The lowest BCUT2D eigenvalue weighted by molar-refractivity contribution is 0.877. The summed E-state index contributed by atoms with van der Waals surface area (Å²) >= 11 is 0. The second-order valence-electron chi connectivity index (χ2n) is 4.54. The Labute approximate surface area is 113 Å². The normalized spacial score (nSPS) is 9.89. The van der Waals surface area contributed by atoms with Gasteiger partial charge in [0.2, 0.25) is 0 Å². The average Bonchev–Trinajstić information content (AvgIpc) is 2.45. The molecule has 0 aliphatic rings. The van der Waals surface area contributed by atoms with Gasteiger partial charge < -0.3 is 10.6 Å². The maximum atomic E-state index is 8.86. The first-order valence-electron chi connectivity index (χ1n) is 6.25. The molecule has 3 nitrogen and oxygen atoms in total. The molecule has 0 fully saturated rings. The summed E-state index contributed by atoms with van der Waals surface area (Å²) in [5.74, 6) is 0. The molecule has 0 heterocycles. The fourth-order valence-corrected chi connectivity index (χ4v) is 1.96. The van der Waals surface area contributed by atoms with Gasteiger partial charge in [0.1, 0.15) is 6.07 Å². The third-order valence-electron chi connectivity index (χ3n) is 3.18. The monoisotopic (exact) mass is 251 g/mol. The van der Waals surface area contributed by atoms with E-state index in [1.807, 2.05) is 25.2 Å². The number of benzene rings is 2. The molecule has 96 valence electrons. The first-order chi connectivity index (χ1) is 9.20. The molecule has 0 spiro atoms. The van der Waals surface area contributed by atoms with Crippen LogP contribution in [0, 0.1) is 11.3 Å². The van der Waals surface area contributed by atoms with Crippen molar-refractivity contribution >= 4 is 11.4 Å². The first-order valence-corrected chi connectivity index (χ1v) is 6.25. The number of nitrogen functional groups attached to an aromatic ring is 1. The highest BCUT2D eigenvalue weighted by molar-refractivity contribution is 5.63. The largest absolute Gasteiger partial charge is 0.398 e. The van der Waals surface area contributed by atoms with E-state index in [1.165, 1.54) is 5.56 Å². The topological polar surface area (TPSA) is 53.0 Å². The van der Waals surface area contributed by atoms with Gasteiger partial charge in [0.05, 0.1) is 11.3 Å². The fraction of sp³-hybridized carbons (Fsp3) is 0.188. The fourth-order valence-electron chi connectivity index (χ4n) is 1.96. The zero-order valence-electron chi connectivity index (χ0n) is 11.0. The smallest absolute Gasteiger partial charge is 0.101 e. The molecule has 2 aromatic rings. The predicted octanol–water partition coefficient (Wildman–Crippen LogP) is 2.82. The molecule has 19 heavy (non-hydrogen) atoms. The summed E-state index contributed by atoms with van der Waals surface area (Å²) in [4.78, 5) is 2.14. The maximum Gasteiger partial charge on any atom is 0.101 e. The van der Waals surface area contributed by atoms with Gasteiger partial charge in [0.25, 0.3) is 0 Å². The number of nitrogens with zero attached hydrogens (tertiary/aromatic N) is 2. The summed E-state index contributed by atoms with van der Waals surface area (Å²) < 4.78 is 0. The first kappa shape index (κ1) is 13.0. The van der Waals surface area contributed by atoms with Gasteiger partial charge in [-0.05, 0) is 30.2 Å². The van der Waals surface area contributed by atoms with E-state index in [0.717, 1.165) is 18.7 Å². The molecule has 0 bridgehead atoms. The van der Waals surface area contributed by atoms with Crippen molar-refractivity contribution in [2.24, 2.45) is 0 Å². The predicted molar refractivity (Wildman–Crippen MR) is 79.0 cm³/mol. The van der Waals surface area contributed by atoms with Crippen LogP contribution in [0.1, 0.15) is 11.1 Å². The van der Waals surface area contributed by atoms with Gasteiger partial charge in [-0.2, -0.15) is 5.26 Å². The van der Waals surface area contributed by atoms with Crippen molar-refractivity contribution < 1.29 is 0 Å². The van der Waals surface area contributed by atoms with Gasteiger partial charge in [-0.25, -0.2) is 0 Å². The molecule has 3 heteroatoms. The molecule has 2 aromatic carbocycles. The van der Waals surface area contributed by atoms with Crippen molar-refractivity contribution in [3.63, 3.8) is 0 Å². The minimum absolute atomic E-state index is 0.528. The maximum absolute atomic E-state index is 8.86. The number of anilines is 2. The molecule has 0 amide bonds. The van der Waals surface area contributed by atoms with E-state index < -0.39 is 0 Å². The lowest BCUT2D eigenvalue weighted by Crippen LogP contribution is -2.20. The number of hydrogen-bond donors (Lipinski definition) is 1. The molecule has 0 saturated heterocycles. The number of nitriles is 1. The SMILES string of the molecule is CN(CCc1ccccc1)c1ccc(C#N)c(N)c1. The van der Waals surface area contributed by atoms with Crippen molar-refractivity contribution in [3.8, 4) is 6.07 Å². The highest BCUT2D eigenvalue weighted by Gasteiger charge is 2.04. The van der Waals surface area contributed by atoms with Crippen LogP contribution < -0.4 is 10.6 Å². The Hall–Kier alpha value is -2.47. The summed E-state index contributed by atoms with van der Waals surface area (Å²) in [6, 6.07) is 18.0. The Kier molecular flexibility index (Phi) is 4.04. The molecule has 2 N–H and O–H groups in total. The van der Waals surface area contributed by atoms with Gasteiger partial charge in [0.15, 0.2) is 0 Å². The van der Waals surface area contributed by atoms with Crippen LogP contribution in [0.3, 0.4) is 0 Å². The molecule has 0 aliphatic carbocycles. The molecule has 0 atom stereocenters. The van der Waals surface area contributed by atoms with Crippen molar-refractivity contribution in [2.75, 3.05) is 24.2 Å². The minimum Gasteiger partial charge on any atom is -0.398 e. The van der Waals surface area contributed by atoms with Crippen LogP contribution in [0.15, 0.2) is 48.5 Å². The van der Waals surface area contributed by atoms with Crippen LogP contribution in [-0.2, 0) is 6.42 Å². The van der Waals surface area contributed by atoms with Gasteiger partial charge in [-0.1, -0.05) is 30.3 Å². The summed E-state index contributed by atoms with van der Waals surface area (Å²) in [5.41, 5.74) is 9.24.